The number of carbonyl (C=O) groups excluding carboxylic acids is 1. The Hall–Kier alpha value is -2.83. The molecule has 7 heteroatoms. The molecule has 2 N–H and O–H groups in total. The van der Waals surface area contributed by atoms with Crippen molar-refractivity contribution >= 4 is 11.9 Å². The molecule has 1 saturated heterocycles. The number of hydrogen-bond acceptors (Lipinski definition) is 6. The van der Waals surface area contributed by atoms with Crippen LogP contribution in [0.5, 0.6) is 11.5 Å². The molecule has 0 aliphatic carbocycles. The molecule has 3 heterocycles. The Morgan fingerprint density at radius 1 is 1.23 bits per heavy atom. The van der Waals surface area contributed by atoms with Crippen LogP contribution in [-0.4, -0.2) is 40.5 Å². The number of anilines is 1. The molecule has 4 rings (SSSR count). The highest BCUT2D eigenvalue weighted by molar-refractivity contribution is 5.95. The first-order chi connectivity index (χ1) is 12.6. The quantitative estimate of drug-likeness (QED) is 0.891. The third-order valence-electron chi connectivity index (χ3n) is 4.90. The normalized spacial score (nSPS) is 19.3. The largest absolute Gasteiger partial charge is 0.490 e. The Morgan fingerprint density at radius 3 is 2.85 bits per heavy atom. The van der Waals surface area contributed by atoms with E-state index in [1.807, 2.05) is 23.1 Å². The summed E-state index contributed by atoms with van der Waals surface area (Å²) in [5.41, 5.74) is 7.77. The van der Waals surface area contributed by atoms with E-state index in [-0.39, 0.29) is 17.9 Å². The molecule has 26 heavy (non-hydrogen) atoms. The summed E-state index contributed by atoms with van der Waals surface area (Å²) >= 11 is 0. The molecule has 0 saturated carbocycles. The first kappa shape index (κ1) is 16.6. The number of nitrogens with zero attached hydrogens (tertiary/aromatic N) is 3. The molecule has 2 aromatic rings. The first-order valence-electron chi connectivity index (χ1n) is 8.93. The van der Waals surface area contributed by atoms with Gasteiger partial charge in [-0.15, -0.1) is 0 Å². The van der Waals surface area contributed by atoms with Gasteiger partial charge in [-0.05, 0) is 37.5 Å². The Labute approximate surface area is 152 Å². The van der Waals surface area contributed by atoms with Crippen molar-refractivity contribution < 1.29 is 14.3 Å². The Bertz CT molecular complexity index is 840. The zero-order valence-corrected chi connectivity index (χ0v) is 14.8. The number of likely N-dealkylation sites (tertiary alicyclic amines) is 1. The van der Waals surface area contributed by atoms with E-state index in [1.165, 1.54) is 6.20 Å². The molecule has 1 aromatic heterocycles. The second kappa shape index (κ2) is 6.82. The highest BCUT2D eigenvalue weighted by Gasteiger charge is 2.32. The Balaban J connectivity index is 1.62. The molecule has 0 radical (unpaired) electrons. The zero-order valence-electron chi connectivity index (χ0n) is 14.8. The number of amides is 1. The smallest absolute Gasteiger partial charge is 0.257 e. The second-order valence-electron chi connectivity index (χ2n) is 6.64. The summed E-state index contributed by atoms with van der Waals surface area (Å²) < 4.78 is 11.5. The molecule has 136 valence electrons. The van der Waals surface area contributed by atoms with Gasteiger partial charge >= 0.3 is 0 Å². The summed E-state index contributed by atoms with van der Waals surface area (Å²) in [5.74, 6) is 1.65. The van der Waals surface area contributed by atoms with Crippen molar-refractivity contribution in [2.45, 2.75) is 32.2 Å². The highest BCUT2D eigenvalue weighted by Crippen LogP contribution is 2.38. The topological polar surface area (TPSA) is 90.6 Å². The lowest BCUT2D eigenvalue weighted by atomic mass is 10.0. The Kier molecular flexibility index (Phi) is 4.36. The van der Waals surface area contributed by atoms with Gasteiger partial charge in [0.05, 0.1) is 30.5 Å². The van der Waals surface area contributed by atoms with Crippen LogP contribution in [0.1, 0.15) is 46.9 Å². The van der Waals surface area contributed by atoms with Gasteiger partial charge in [0, 0.05) is 19.2 Å². The molecule has 1 amide bonds. The number of ether oxygens (including phenoxy) is 2. The maximum absolute atomic E-state index is 13.1. The minimum absolute atomic E-state index is 0.0107. The highest BCUT2D eigenvalue weighted by atomic mass is 16.5. The lowest BCUT2D eigenvalue weighted by Gasteiger charge is -2.26. The summed E-state index contributed by atoms with van der Waals surface area (Å²) in [6.07, 6.45) is 4.26. The van der Waals surface area contributed by atoms with Gasteiger partial charge in [0.1, 0.15) is 0 Å². The minimum atomic E-state index is -0.0582. The average Bonchev–Trinajstić information content (AvgIpc) is 3.00. The summed E-state index contributed by atoms with van der Waals surface area (Å²) in [7, 11) is 0. The number of fused-ring (bicyclic) bond motifs is 1. The van der Waals surface area contributed by atoms with Crippen molar-refractivity contribution in [1.29, 1.82) is 0 Å². The van der Waals surface area contributed by atoms with Gasteiger partial charge in [-0.3, -0.25) is 4.79 Å². The van der Waals surface area contributed by atoms with Crippen molar-refractivity contribution in [1.82, 2.24) is 14.9 Å². The Morgan fingerprint density at radius 2 is 2.04 bits per heavy atom. The van der Waals surface area contributed by atoms with E-state index in [0.717, 1.165) is 36.3 Å². The van der Waals surface area contributed by atoms with Crippen LogP contribution in [0.15, 0.2) is 24.4 Å². The number of hydrogen-bond donors (Lipinski definition) is 1. The molecule has 1 atom stereocenters. The lowest BCUT2D eigenvalue weighted by Crippen LogP contribution is -2.31. The fourth-order valence-corrected chi connectivity index (χ4v) is 3.59. The average molecular weight is 354 g/mol. The number of benzene rings is 1. The van der Waals surface area contributed by atoms with Crippen LogP contribution in [0.3, 0.4) is 0 Å². The van der Waals surface area contributed by atoms with Gasteiger partial charge in [-0.25, -0.2) is 9.97 Å². The van der Waals surface area contributed by atoms with Crippen LogP contribution in [0.4, 0.5) is 5.95 Å². The fourth-order valence-electron chi connectivity index (χ4n) is 3.59. The molecular weight excluding hydrogens is 332 g/mol. The number of carbonyl (C=O) groups is 1. The van der Waals surface area contributed by atoms with Gasteiger partial charge in [-0.2, -0.15) is 0 Å². The van der Waals surface area contributed by atoms with Crippen molar-refractivity contribution in [2.24, 2.45) is 0 Å². The van der Waals surface area contributed by atoms with Crippen LogP contribution >= 0.6 is 0 Å². The monoisotopic (exact) mass is 354 g/mol. The molecule has 1 aromatic carbocycles. The third-order valence-corrected chi connectivity index (χ3v) is 4.90. The number of nitrogen functional groups attached to an aromatic ring is 1. The van der Waals surface area contributed by atoms with Crippen LogP contribution in [0.2, 0.25) is 0 Å². The van der Waals surface area contributed by atoms with E-state index in [4.69, 9.17) is 15.2 Å². The molecule has 0 unspecified atom stereocenters. The van der Waals surface area contributed by atoms with Crippen LogP contribution in [0.25, 0.3) is 0 Å². The van der Waals surface area contributed by atoms with E-state index in [2.05, 4.69) is 9.97 Å². The number of aryl methyl sites for hydroxylation is 1. The van der Waals surface area contributed by atoms with E-state index in [9.17, 15) is 4.79 Å². The SMILES string of the molecule is Cc1nc(N)ncc1C(=O)N1CCC[C@@H]1c1ccc2c(c1)OCCCO2. The molecule has 0 spiro atoms. The van der Waals surface area contributed by atoms with Crippen molar-refractivity contribution in [3.8, 4) is 11.5 Å². The zero-order chi connectivity index (χ0) is 18.1. The third kappa shape index (κ3) is 3.05. The van der Waals surface area contributed by atoms with Gasteiger partial charge < -0.3 is 20.1 Å². The number of rotatable bonds is 2. The summed E-state index contributed by atoms with van der Waals surface area (Å²) in [6, 6.07) is 5.98. The maximum Gasteiger partial charge on any atom is 0.257 e. The minimum Gasteiger partial charge on any atom is -0.490 e. The van der Waals surface area contributed by atoms with E-state index < -0.39 is 0 Å². The standard InChI is InChI=1S/C19H22N4O3/c1-12-14(11-21-19(20)22-12)18(24)23-7-2-4-15(23)13-5-6-16-17(10-13)26-9-3-8-25-16/h5-6,10-11,15H,2-4,7-9H2,1H3,(H2,20,21,22)/t15-/m1/s1. The summed E-state index contributed by atoms with van der Waals surface area (Å²) in [6.45, 7) is 3.80. The van der Waals surface area contributed by atoms with E-state index >= 15 is 0 Å². The van der Waals surface area contributed by atoms with Crippen molar-refractivity contribution in [3.05, 3.63) is 41.2 Å². The molecule has 0 bridgehead atoms. The predicted molar refractivity (Wildman–Crippen MR) is 96.2 cm³/mol. The van der Waals surface area contributed by atoms with Crippen LogP contribution in [-0.2, 0) is 0 Å². The fraction of sp³-hybridized carbons (Fsp3) is 0.421. The molecular formula is C19H22N4O3. The van der Waals surface area contributed by atoms with Crippen LogP contribution < -0.4 is 15.2 Å². The second-order valence-corrected chi connectivity index (χ2v) is 6.64. The lowest BCUT2D eigenvalue weighted by molar-refractivity contribution is 0.0733. The van der Waals surface area contributed by atoms with Crippen molar-refractivity contribution in [3.63, 3.8) is 0 Å². The van der Waals surface area contributed by atoms with E-state index in [0.29, 0.717) is 31.0 Å². The summed E-state index contributed by atoms with van der Waals surface area (Å²) in [5, 5.41) is 0. The van der Waals surface area contributed by atoms with Gasteiger partial charge in [0.2, 0.25) is 5.95 Å². The van der Waals surface area contributed by atoms with Gasteiger partial charge in [0.25, 0.3) is 5.91 Å². The number of aromatic nitrogens is 2. The summed E-state index contributed by atoms with van der Waals surface area (Å²) in [4.78, 5) is 23.0. The van der Waals surface area contributed by atoms with E-state index in [1.54, 1.807) is 6.92 Å². The van der Waals surface area contributed by atoms with Crippen LogP contribution in [0, 0.1) is 6.92 Å². The predicted octanol–water partition coefficient (Wildman–Crippen LogP) is 2.51. The van der Waals surface area contributed by atoms with Gasteiger partial charge in [-0.1, -0.05) is 6.07 Å². The van der Waals surface area contributed by atoms with Gasteiger partial charge in [0.15, 0.2) is 11.5 Å². The molecule has 2 aliphatic heterocycles. The maximum atomic E-state index is 13.1. The number of nitrogens with two attached hydrogens (primary N) is 1. The first-order valence-corrected chi connectivity index (χ1v) is 8.93. The molecule has 7 nitrogen and oxygen atoms in total. The molecule has 2 aliphatic rings. The molecule has 1 fully saturated rings. The van der Waals surface area contributed by atoms with Crippen molar-refractivity contribution in [2.75, 3.05) is 25.5 Å².